The molecule has 0 aromatic carbocycles. The molecule has 52 valence electrons. The summed E-state index contributed by atoms with van der Waals surface area (Å²) in [5.74, 6) is -1.36. The molecule has 4 nitrogen and oxygen atoms in total. The van der Waals surface area contributed by atoms with Crippen molar-refractivity contribution in [1.82, 2.24) is 0 Å². The molecule has 0 bridgehead atoms. The quantitative estimate of drug-likeness (QED) is 0.549. The average Bonchev–Trinajstić information content (AvgIpc) is 1.83. The van der Waals surface area contributed by atoms with Gasteiger partial charge in [-0.1, -0.05) is 0 Å². The molecule has 0 spiro atoms. The SMILES string of the molecule is COC(O)=CCC(=O)O. The molecule has 0 saturated carbocycles. The van der Waals surface area contributed by atoms with Gasteiger partial charge in [-0.15, -0.1) is 0 Å². The molecule has 0 heterocycles. The van der Waals surface area contributed by atoms with Gasteiger partial charge in [-0.25, -0.2) is 0 Å². The number of rotatable bonds is 3. The van der Waals surface area contributed by atoms with Crippen molar-refractivity contribution in [2.75, 3.05) is 7.11 Å². The van der Waals surface area contributed by atoms with Gasteiger partial charge >= 0.3 is 5.97 Å². The van der Waals surface area contributed by atoms with Gasteiger partial charge in [0.15, 0.2) is 0 Å². The van der Waals surface area contributed by atoms with Gasteiger partial charge in [0, 0.05) is 6.08 Å². The van der Waals surface area contributed by atoms with E-state index in [1.165, 1.54) is 7.11 Å². The minimum absolute atomic E-state index is 0.223. The van der Waals surface area contributed by atoms with Gasteiger partial charge in [0.05, 0.1) is 13.5 Å². The fraction of sp³-hybridized carbons (Fsp3) is 0.400. The summed E-state index contributed by atoms with van der Waals surface area (Å²) in [7, 11) is 1.26. The molecule has 2 N–H and O–H groups in total. The van der Waals surface area contributed by atoms with Crippen molar-refractivity contribution in [1.29, 1.82) is 0 Å². The number of aliphatic hydroxyl groups is 1. The Labute approximate surface area is 52.4 Å². The van der Waals surface area contributed by atoms with Crippen molar-refractivity contribution in [3.63, 3.8) is 0 Å². The summed E-state index contributed by atoms with van der Waals surface area (Å²) in [5, 5.41) is 16.5. The summed E-state index contributed by atoms with van der Waals surface area (Å²) >= 11 is 0. The van der Waals surface area contributed by atoms with Gasteiger partial charge in [-0.3, -0.25) is 4.79 Å². The predicted molar refractivity (Wildman–Crippen MR) is 30.0 cm³/mol. The van der Waals surface area contributed by atoms with E-state index in [4.69, 9.17) is 10.2 Å². The van der Waals surface area contributed by atoms with Crippen LogP contribution in [0, 0.1) is 0 Å². The first kappa shape index (κ1) is 7.81. The molecule has 9 heavy (non-hydrogen) atoms. The van der Waals surface area contributed by atoms with E-state index in [9.17, 15) is 4.79 Å². The maximum Gasteiger partial charge on any atom is 0.307 e. The maximum absolute atomic E-state index is 9.81. The number of carbonyl (C=O) groups is 1. The summed E-state index contributed by atoms with van der Waals surface area (Å²) in [5.41, 5.74) is 0. The predicted octanol–water partition coefficient (Wildman–Crippen LogP) is 0.507. The van der Waals surface area contributed by atoms with Crippen molar-refractivity contribution in [2.45, 2.75) is 6.42 Å². The molecule has 0 rings (SSSR count). The fourth-order valence-electron chi connectivity index (χ4n) is 0.258. The third kappa shape index (κ3) is 4.67. The van der Waals surface area contributed by atoms with E-state index < -0.39 is 5.97 Å². The third-order valence-electron chi connectivity index (χ3n) is 0.660. The molecule has 0 unspecified atom stereocenters. The second-order valence-corrected chi connectivity index (χ2v) is 1.34. The molecule has 0 amide bonds. The second-order valence-electron chi connectivity index (χ2n) is 1.34. The second kappa shape index (κ2) is 3.77. The van der Waals surface area contributed by atoms with Gasteiger partial charge in [0.25, 0.3) is 5.95 Å². The van der Waals surface area contributed by atoms with Crippen LogP contribution in [-0.2, 0) is 9.53 Å². The first-order valence-electron chi connectivity index (χ1n) is 2.31. The van der Waals surface area contributed by atoms with Crippen molar-refractivity contribution < 1.29 is 19.7 Å². The first-order chi connectivity index (χ1) is 4.16. The highest BCUT2D eigenvalue weighted by Crippen LogP contribution is 1.90. The lowest BCUT2D eigenvalue weighted by Crippen LogP contribution is -1.92. The van der Waals surface area contributed by atoms with E-state index in [1.807, 2.05) is 0 Å². The highest BCUT2D eigenvalue weighted by Gasteiger charge is 1.93. The zero-order chi connectivity index (χ0) is 7.28. The van der Waals surface area contributed by atoms with Crippen molar-refractivity contribution >= 4 is 5.97 Å². The molecular formula is C5H8O4. The van der Waals surface area contributed by atoms with E-state index in [2.05, 4.69) is 4.74 Å². The van der Waals surface area contributed by atoms with Crippen LogP contribution in [0.4, 0.5) is 0 Å². The Kier molecular flexibility index (Phi) is 3.27. The molecule has 4 heteroatoms. The number of carboxylic acid groups (broad SMARTS) is 1. The highest BCUT2D eigenvalue weighted by atomic mass is 16.6. The number of methoxy groups -OCH3 is 1. The zero-order valence-electron chi connectivity index (χ0n) is 5.00. The molecule has 0 aliphatic heterocycles. The molecular weight excluding hydrogens is 124 g/mol. The van der Waals surface area contributed by atoms with Crippen LogP contribution in [0.15, 0.2) is 12.0 Å². The normalized spacial score (nSPS) is 11.0. The smallest absolute Gasteiger partial charge is 0.307 e. The molecule has 0 radical (unpaired) electrons. The minimum atomic E-state index is -1.00. The summed E-state index contributed by atoms with van der Waals surface area (Å²) in [4.78, 5) is 9.81. The largest absolute Gasteiger partial charge is 0.481 e. The van der Waals surface area contributed by atoms with Crippen LogP contribution in [0.3, 0.4) is 0 Å². The van der Waals surface area contributed by atoms with E-state index in [0.717, 1.165) is 6.08 Å². The van der Waals surface area contributed by atoms with E-state index in [0.29, 0.717) is 0 Å². The van der Waals surface area contributed by atoms with E-state index in [-0.39, 0.29) is 12.4 Å². The van der Waals surface area contributed by atoms with E-state index in [1.54, 1.807) is 0 Å². The molecule has 0 saturated heterocycles. The van der Waals surface area contributed by atoms with Gasteiger partial charge in [-0.05, 0) is 0 Å². The number of hydrogen-bond donors (Lipinski definition) is 2. The Balaban J connectivity index is 3.56. The van der Waals surface area contributed by atoms with Gasteiger partial charge in [0.2, 0.25) is 0 Å². The van der Waals surface area contributed by atoms with Gasteiger partial charge in [-0.2, -0.15) is 0 Å². The number of ether oxygens (including phenoxy) is 1. The molecule has 0 aromatic rings. The topological polar surface area (TPSA) is 66.8 Å². The average molecular weight is 132 g/mol. The number of aliphatic hydroxyl groups excluding tert-OH is 1. The standard InChI is InChI=1S/C5H8O4/c1-9-5(8)3-2-4(6)7/h3,8H,2H2,1H3,(H,6,7). The number of carboxylic acids is 1. The van der Waals surface area contributed by atoms with Gasteiger partial charge < -0.3 is 14.9 Å². The van der Waals surface area contributed by atoms with Crippen molar-refractivity contribution in [3.8, 4) is 0 Å². The summed E-state index contributed by atoms with van der Waals surface area (Å²) in [6, 6.07) is 0. The van der Waals surface area contributed by atoms with Crippen LogP contribution in [0.1, 0.15) is 6.42 Å². The van der Waals surface area contributed by atoms with E-state index >= 15 is 0 Å². The Bertz CT molecular complexity index is 127. The molecule has 0 aliphatic rings. The lowest BCUT2D eigenvalue weighted by Gasteiger charge is -1.92. The lowest BCUT2D eigenvalue weighted by atomic mass is 10.4. The number of aliphatic carboxylic acids is 1. The fourth-order valence-corrected chi connectivity index (χ4v) is 0.258. The highest BCUT2D eigenvalue weighted by molar-refractivity contribution is 5.68. The van der Waals surface area contributed by atoms with Crippen LogP contribution in [-0.4, -0.2) is 23.3 Å². The van der Waals surface area contributed by atoms with Crippen LogP contribution in [0.2, 0.25) is 0 Å². The van der Waals surface area contributed by atoms with Gasteiger partial charge in [0.1, 0.15) is 0 Å². The van der Waals surface area contributed by atoms with Crippen LogP contribution in [0.25, 0.3) is 0 Å². The summed E-state index contributed by atoms with van der Waals surface area (Å²) in [6.45, 7) is 0. The molecule has 0 atom stereocenters. The van der Waals surface area contributed by atoms with Crippen molar-refractivity contribution in [3.05, 3.63) is 12.0 Å². The number of hydrogen-bond acceptors (Lipinski definition) is 3. The molecule has 0 fully saturated rings. The summed E-state index contributed by atoms with van der Waals surface area (Å²) < 4.78 is 4.25. The maximum atomic E-state index is 9.81. The monoisotopic (exact) mass is 132 g/mol. The Hall–Kier alpha value is -1.19. The van der Waals surface area contributed by atoms with Crippen LogP contribution >= 0.6 is 0 Å². The lowest BCUT2D eigenvalue weighted by molar-refractivity contribution is -0.136. The molecule has 0 aliphatic carbocycles. The molecule has 0 aromatic heterocycles. The summed E-state index contributed by atoms with van der Waals surface area (Å²) in [6.07, 6.45) is 0.849. The third-order valence-corrected chi connectivity index (χ3v) is 0.660. The zero-order valence-corrected chi connectivity index (χ0v) is 5.00. The van der Waals surface area contributed by atoms with Crippen molar-refractivity contribution in [2.24, 2.45) is 0 Å². The Morgan fingerprint density at radius 2 is 2.22 bits per heavy atom. The first-order valence-corrected chi connectivity index (χ1v) is 2.31. The Morgan fingerprint density at radius 3 is 2.56 bits per heavy atom. The Morgan fingerprint density at radius 1 is 1.67 bits per heavy atom. The van der Waals surface area contributed by atoms with Crippen LogP contribution in [0.5, 0.6) is 0 Å². The minimum Gasteiger partial charge on any atom is -0.481 e. The van der Waals surface area contributed by atoms with Crippen LogP contribution < -0.4 is 0 Å².